The van der Waals surface area contributed by atoms with E-state index in [1.165, 1.54) is 5.39 Å². The van der Waals surface area contributed by atoms with E-state index in [0.717, 1.165) is 37.1 Å². The second kappa shape index (κ2) is 5.86. The maximum atomic E-state index is 10.3. The van der Waals surface area contributed by atoms with Gasteiger partial charge < -0.3 is 14.7 Å². The zero-order chi connectivity index (χ0) is 14.9. The molecular weight excluding hydrogens is 276 g/mol. The van der Waals surface area contributed by atoms with Crippen molar-refractivity contribution in [2.75, 3.05) is 24.7 Å². The average Bonchev–Trinajstić information content (AvgIpc) is 3.04. The molecule has 116 valence electrons. The number of aliphatic hydroxyl groups excluding tert-OH is 1. The van der Waals surface area contributed by atoms with Gasteiger partial charge in [-0.15, -0.1) is 0 Å². The number of aromatic nitrogens is 1. The minimum Gasteiger partial charge on any atom is -0.393 e. The number of ether oxygens (including phenoxy) is 1. The summed E-state index contributed by atoms with van der Waals surface area (Å²) in [6, 6.07) is 12.8. The Morgan fingerprint density at radius 1 is 1.14 bits per heavy atom. The molecule has 0 spiro atoms. The number of nitrogens with zero attached hydrogens (tertiary/aromatic N) is 2. The highest BCUT2D eigenvalue weighted by atomic mass is 16.5. The molecule has 4 rings (SSSR count). The standard InChI is InChI=1S/C18H22N2O2/c21-17-9-11-22-12-14(17)16-6-3-10-20(16)18-8-7-13-4-1-2-5-15(13)19-18/h1-2,4-5,7-8,14,16-17,21H,3,6,9-12H2/t14-,16-,17-/m1/s1. The fourth-order valence-electron chi connectivity index (χ4n) is 3.85. The maximum Gasteiger partial charge on any atom is 0.129 e. The minimum atomic E-state index is -0.250. The van der Waals surface area contributed by atoms with Crippen LogP contribution >= 0.6 is 0 Å². The Bertz CT molecular complexity index is 660. The number of rotatable bonds is 2. The monoisotopic (exact) mass is 298 g/mol. The highest BCUT2D eigenvalue weighted by Crippen LogP contribution is 2.33. The highest BCUT2D eigenvalue weighted by Gasteiger charge is 2.38. The Balaban J connectivity index is 1.64. The molecule has 0 saturated carbocycles. The first-order valence-corrected chi connectivity index (χ1v) is 8.21. The molecule has 2 aliphatic heterocycles. The molecule has 4 nitrogen and oxygen atoms in total. The van der Waals surface area contributed by atoms with Crippen molar-refractivity contribution in [2.24, 2.45) is 5.92 Å². The Kier molecular flexibility index (Phi) is 3.72. The number of aliphatic hydroxyl groups is 1. The number of anilines is 1. The van der Waals surface area contributed by atoms with Gasteiger partial charge in [0, 0.05) is 30.5 Å². The fraction of sp³-hybridized carbons (Fsp3) is 0.500. The molecule has 0 unspecified atom stereocenters. The summed E-state index contributed by atoms with van der Waals surface area (Å²) in [6.45, 7) is 2.35. The summed E-state index contributed by atoms with van der Waals surface area (Å²) in [6.07, 6.45) is 2.77. The van der Waals surface area contributed by atoms with E-state index in [1.54, 1.807) is 0 Å². The van der Waals surface area contributed by atoms with Crippen LogP contribution in [0.1, 0.15) is 19.3 Å². The van der Waals surface area contributed by atoms with Crippen LogP contribution in [0, 0.1) is 5.92 Å². The molecule has 2 fully saturated rings. The Morgan fingerprint density at radius 2 is 2.05 bits per heavy atom. The number of hydrogen-bond donors (Lipinski definition) is 1. The number of hydrogen-bond acceptors (Lipinski definition) is 4. The Hall–Kier alpha value is -1.65. The molecular formula is C18H22N2O2. The third-order valence-corrected chi connectivity index (χ3v) is 5.03. The zero-order valence-corrected chi connectivity index (χ0v) is 12.7. The van der Waals surface area contributed by atoms with Crippen LogP contribution in [-0.2, 0) is 4.74 Å². The van der Waals surface area contributed by atoms with E-state index in [2.05, 4.69) is 29.2 Å². The number of benzene rings is 1. The molecule has 1 N–H and O–H groups in total. The third-order valence-electron chi connectivity index (χ3n) is 5.03. The van der Waals surface area contributed by atoms with E-state index in [-0.39, 0.29) is 12.0 Å². The van der Waals surface area contributed by atoms with Crippen LogP contribution in [-0.4, -0.2) is 42.0 Å². The average molecular weight is 298 g/mol. The van der Waals surface area contributed by atoms with Gasteiger partial charge in [-0.2, -0.15) is 0 Å². The quantitative estimate of drug-likeness (QED) is 0.925. The van der Waals surface area contributed by atoms with E-state index >= 15 is 0 Å². The van der Waals surface area contributed by atoms with Gasteiger partial charge in [-0.1, -0.05) is 18.2 Å². The molecule has 22 heavy (non-hydrogen) atoms. The van der Waals surface area contributed by atoms with Crippen molar-refractivity contribution in [3.63, 3.8) is 0 Å². The molecule has 0 amide bonds. The highest BCUT2D eigenvalue weighted by molar-refractivity contribution is 5.80. The van der Waals surface area contributed by atoms with E-state index < -0.39 is 0 Å². The summed E-state index contributed by atoms with van der Waals surface area (Å²) >= 11 is 0. The third kappa shape index (κ3) is 2.46. The van der Waals surface area contributed by atoms with Crippen LogP contribution in [0.3, 0.4) is 0 Å². The van der Waals surface area contributed by atoms with Gasteiger partial charge in [-0.3, -0.25) is 0 Å². The van der Waals surface area contributed by atoms with E-state index in [4.69, 9.17) is 9.72 Å². The van der Waals surface area contributed by atoms with Crippen LogP contribution in [0.5, 0.6) is 0 Å². The molecule has 4 heteroatoms. The molecule has 0 bridgehead atoms. The summed E-state index contributed by atoms with van der Waals surface area (Å²) in [5.74, 6) is 1.23. The second-order valence-electron chi connectivity index (χ2n) is 6.36. The SMILES string of the molecule is O[C@@H]1CCOC[C@@H]1[C@H]1CCCN1c1ccc2ccccc2n1. The summed E-state index contributed by atoms with van der Waals surface area (Å²) < 4.78 is 5.61. The largest absolute Gasteiger partial charge is 0.393 e. The van der Waals surface area contributed by atoms with Crippen LogP contribution in [0.15, 0.2) is 36.4 Å². The normalized spacial score (nSPS) is 29.1. The second-order valence-corrected chi connectivity index (χ2v) is 6.36. The number of para-hydroxylation sites is 1. The van der Waals surface area contributed by atoms with Crippen LogP contribution in [0.2, 0.25) is 0 Å². The molecule has 2 aliphatic rings. The molecule has 2 aromatic rings. The van der Waals surface area contributed by atoms with Gasteiger partial charge in [0.15, 0.2) is 0 Å². The summed E-state index contributed by atoms with van der Waals surface area (Å²) in [5, 5.41) is 11.5. The lowest BCUT2D eigenvalue weighted by Gasteiger charge is -2.37. The topological polar surface area (TPSA) is 45.6 Å². The van der Waals surface area contributed by atoms with Crippen molar-refractivity contribution in [3.05, 3.63) is 36.4 Å². The van der Waals surface area contributed by atoms with Gasteiger partial charge in [0.05, 0.1) is 18.2 Å². The zero-order valence-electron chi connectivity index (χ0n) is 12.7. The summed E-state index contributed by atoms with van der Waals surface area (Å²) in [5.41, 5.74) is 1.03. The lowest BCUT2D eigenvalue weighted by Crippen LogP contribution is -2.46. The molecule has 3 heterocycles. The predicted molar refractivity (Wildman–Crippen MR) is 87.0 cm³/mol. The first-order valence-electron chi connectivity index (χ1n) is 8.21. The van der Waals surface area contributed by atoms with Gasteiger partial charge in [0.1, 0.15) is 5.82 Å². The van der Waals surface area contributed by atoms with Gasteiger partial charge in [0.25, 0.3) is 0 Å². The Morgan fingerprint density at radius 3 is 2.95 bits per heavy atom. The van der Waals surface area contributed by atoms with Crippen LogP contribution in [0.25, 0.3) is 10.9 Å². The lowest BCUT2D eigenvalue weighted by molar-refractivity contribution is -0.0438. The van der Waals surface area contributed by atoms with E-state index in [1.807, 2.05) is 12.1 Å². The summed E-state index contributed by atoms with van der Waals surface area (Å²) in [4.78, 5) is 7.20. The fourth-order valence-corrected chi connectivity index (χ4v) is 3.85. The van der Waals surface area contributed by atoms with Crippen molar-refractivity contribution < 1.29 is 9.84 Å². The summed E-state index contributed by atoms with van der Waals surface area (Å²) in [7, 11) is 0. The molecule has 1 aromatic carbocycles. The van der Waals surface area contributed by atoms with E-state index in [9.17, 15) is 5.11 Å². The van der Waals surface area contributed by atoms with Crippen molar-refractivity contribution in [2.45, 2.75) is 31.4 Å². The lowest BCUT2D eigenvalue weighted by atomic mass is 9.89. The molecule has 2 saturated heterocycles. The molecule has 0 radical (unpaired) electrons. The van der Waals surface area contributed by atoms with Crippen LogP contribution < -0.4 is 4.90 Å². The van der Waals surface area contributed by atoms with Crippen LogP contribution in [0.4, 0.5) is 5.82 Å². The molecule has 3 atom stereocenters. The van der Waals surface area contributed by atoms with Crippen molar-refractivity contribution in [1.29, 1.82) is 0 Å². The predicted octanol–water partition coefficient (Wildman–Crippen LogP) is 2.60. The van der Waals surface area contributed by atoms with Crippen molar-refractivity contribution in [3.8, 4) is 0 Å². The molecule has 1 aromatic heterocycles. The van der Waals surface area contributed by atoms with Crippen molar-refractivity contribution in [1.82, 2.24) is 4.98 Å². The van der Waals surface area contributed by atoms with Gasteiger partial charge in [-0.25, -0.2) is 4.98 Å². The van der Waals surface area contributed by atoms with Gasteiger partial charge in [0.2, 0.25) is 0 Å². The number of pyridine rings is 1. The smallest absolute Gasteiger partial charge is 0.129 e. The maximum absolute atomic E-state index is 10.3. The number of fused-ring (bicyclic) bond motifs is 1. The van der Waals surface area contributed by atoms with Crippen molar-refractivity contribution >= 4 is 16.7 Å². The minimum absolute atomic E-state index is 0.199. The van der Waals surface area contributed by atoms with Gasteiger partial charge >= 0.3 is 0 Å². The first-order chi connectivity index (χ1) is 10.8. The first kappa shape index (κ1) is 14.0. The molecule has 0 aliphatic carbocycles. The van der Waals surface area contributed by atoms with Gasteiger partial charge in [-0.05, 0) is 37.5 Å². The van der Waals surface area contributed by atoms with E-state index in [0.29, 0.717) is 19.3 Å². The Labute approximate surface area is 130 Å².